The molecule has 2 aromatic rings. The minimum atomic E-state index is -0.414. The summed E-state index contributed by atoms with van der Waals surface area (Å²) < 4.78 is 0. The first kappa shape index (κ1) is 13.8. The van der Waals surface area contributed by atoms with Crippen LogP contribution in [0.5, 0.6) is 0 Å². The van der Waals surface area contributed by atoms with Crippen LogP contribution in [0.1, 0.15) is 26.2 Å². The van der Waals surface area contributed by atoms with Crippen LogP contribution >= 0.6 is 0 Å². The number of amides is 1. The predicted molar refractivity (Wildman–Crippen MR) is 80.2 cm³/mol. The molecule has 0 aliphatic carbocycles. The number of carbonyl (C=O) groups excluding carboxylic acids is 1. The van der Waals surface area contributed by atoms with Crippen LogP contribution in [-0.4, -0.2) is 33.0 Å². The first-order valence-electron chi connectivity index (χ1n) is 7.27. The minimum absolute atomic E-state index is 0.0486. The number of carbonyl (C=O) groups is 1. The van der Waals surface area contributed by atoms with Gasteiger partial charge in [-0.05, 0) is 50.1 Å². The lowest BCUT2D eigenvalue weighted by atomic mass is 9.93. The Morgan fingerprint density at radius 2 is 2.05 bits per heavy atom. The number of hydrogen-bond acceptors (Lipinski definition) is 4. The molecule has 110 valence electrons. The van der Waals surface area contributed by atoms with Crippen molar-refractivity contribution in [3.05, 3.63) is 36.7 Å². The van der Waals surface area contributed by atoms with Gasteiger partial charge in [-0.3, -0.25) is 4.79 Å². The van der Waals surface area contributed by atoms with E-state index in [2.05, 4.69) is 20.8 Å². The van der Waals surface area contributed by atoms with Crippen molar-refractivity contribution in [1.82, 2.24) is 20.3 Å². The van der Waals surface area contributed by atoms with Crippen LogP contribution in [-0.2, 0) is 4.79 Å². The lowest BCUT2D eigenvalue weighted by molar-refractivity contribution is -0.122. The topological polar surface area (TPSA) is 71.8 Å². The second-order valence-electron chi connectivity index (χ2n) is 5.29. The minimum Gasteiger partial charge on any atom is -0.324 e. The van der Waals surface area contributed by atoms with Gasteiger partial charge in [-0.1, -0.05) is 6.92 Å². The van der Waals surface area contributed by atoms with Crippen LogP contribution in [0.25, 0.3) is 5.69 Å². The molecule has 1 fully saturated rings. The fourth-order valence-corrected chi connectivity index (χ4v) is 2.74. The Morgan fingerprint density at radius 1 is 1.33 bits per heavy atom. The molecule has 0 saturated carbocycles. The van der Waals surface area contributed by atoms with Crippen molar-refractivity contribution >= 4 is 11.6 Å². The predicted octanol–water partition coefficient (Wildman–Crippen LogP) is 1.74. The van der Waals surface area contributed by atoms with Crippen molar-refractivity contribution in [3.63, 3.8) is 0 Å². The Kier molecular flexibility index (Phi) is 3.70. The average Bonchev–Trinajstić information content (AvgIpc) is 3.20. The fourth-order valence-electron chi connectivity index (χ4n) is 2.74. The van der Waals surface area contributed by atoms with E-state index in [1.807, 2.05) is 31.2 Å². The Labute approximate surface area is 123 Å². The van der Waals surface area contributed by atoms with E-state index in [-0.39, 0.29) is 5.91 Å². The van der Waals surface area contributed by atoms with Gasteiger partial charge in [0, 0.05) is 5.69 Å². The van der Waals surface area contributed by atoms with Crippen LogP contribution < -0.4 is 10.6 Å². The monoisotopic (exact) mass is 285 g/mol. The lowest BCUT2D eigenvalue weighted by Gasteiger charge is -2.26. The van der Waals surface area contributed by atoms with Crippen LogP contribution in [0.15, 0.2) is 36.7 Å². The third-order valence-corrected chi connectivity index (χ3v) is 4.06. The van der Waals surface area contributed by atoms with Crippen LogP contribution in [0.4, 0.5) is 5.69 Å². The van der Waals surface area contributed by atoms with Crippen molar-refractivity contribution in [2.45, 2.75) is 31.7 Å². The lowest BCUT2D eigenvalue weighted by Crippen LogP contribution is -2.50. The SMILES string of the molecule is CCC1(C(=O)Nc2ccc(-n3nccn3)cc2)CCCN1. The van der Waals surface area contributed by atoms with E-state index in [1.54, 1.807) is 12.4 Å². The van der Waals surface area contributed by atoms with E-state index >= 15 is 0 Å². The van der Waals surface area contributed by atoms with Gasteiger partial charge in [-0.2, -0.15) is 15.0 Å². The second-order valence-corrected chi connectivity index (χ2v) is 5.29. The number of nitrogens with one attached hydrogen (secondary N) is 2. The molecule has 1 saturated heterocycles. The number of aromatic nitrogens is 3. The molecule has 21 heavy (non-hydrogen) atoms. The second kappa shape index (κ2) is 5.65. The van der Waals surface area contributed by atoms with Crippen LogP contribution in [0.2, 0.25) is 0 Å². The van der Waals surface area contributed by atoms with Gasteiger partial charge >= 0.3 is 0 Å². The molecule has 1 aromatic heterocycles. The summed E-state index contributed by atoms with van der Waals surface area (Å²) in [5.41, 5.74) is 1.24. The molecular weight excluding hydrogens is 266 g/mol. The molecule has 1 atom stereocenters. The van der Waals surface area contributed by atoms with E-state index < -0.39 is 5.54 Å². The zero-order valence-corrected chi connectivity index (χ0v) is 12.0. The first-order chi connectivity index (χ1) is 10.2. The summed E-state index contributed by atoms with van der Waals surface area (Å²) in [4.78, 5) is 14.0. The van der Waals surface area contributed by atoms with Crippen molar-refractivity contribution in [2.75, 3.05) is 11.9 Å². The van der Waals surface area contributed by atoms with Crippen molar-refractivity contribution in [3.8, 4) is 5.69 Å². The van der Waals surface area contributed by atoms with Gasteiger partial charge in [0.1, 0.15) is 0 Å². The molecule has 2 N–H and O–H groups in total. The van der Waals surface area contributed by atoms with E-state index in [1.165, 1.54) is 4.80 Å². The molecular formula is C15H19N5O. The third-order valence-electron chi connectivity index (χ3n) is 4.06. The molecule has 1 amide bonds. The Balaban J connectivity index is 1.72. The number of anilines is 1. The summed E-state index contributed by atoms with van der Waals surface area (Å²) in [6, 6.07) is 7.51. The van der Waals surface area contributed by atoms with Gasteiger partial charge in [-0.25, -0.2) is 0 Å². The highest BCUT2D eigenvalue weighted by Crippen LogP contribution is 2.25. The number of benzene rings is 1. The molecule has 1 unspecified atom stereocenters. The molecule has 0 radical (unpaired) electrons. The molecule has 0 spiro atoms. The number of hydrogen-bond donors (Lipinski definition) is 2. The first-order valence-corrected chi connectivity index (χ1v) is 7.27. The zero-order valence-electron chi connectivity index (χ0n) is 12.0. The quantitative estimate of drug-likeness (QED) is 0.897. The van der Waals surface area contributed by atoms with Gasteiger partial charge in [0.15, 0.2) is 0 Å². The zero-order chi connectivity index (χ0) is 14.7. The molecule has 1 aromatic carbocycles. The summed E-state index contributed by atoms with van der Waals surface area (Å²) in [7, 11) is 0. The summed E-state index contributed by atoms with van der Waals surface area (Å²) in [5.74, 6) is 0.0486. The van der Waals surface area contributed by atoms with Gasteiger partial charge in [0.25, 0.3) is 0 Å². The van der Waals surface area contributed by atoms with E-state index in [9.17, 15) is 4.79 Å². The number of rotatable bonds is 4. The molecule has 6 nitrogen and oxygen atoms in total. The average molecular weight is 285 g/mol. The maximum atomic E-state index is 12.5. The maximum absolute atomic E-state index is 12.5. The highest BCUT2D eigenvalue weighted by atomic mass is 16.2. The van der Waals surface area contributed by atoms with Gasteiger partial charge in [0.05, 0.1) is 23.6 Å². The van der Waals surface area contributed by atoms with Crippen LogP contribution in [0, 0.1) is 0 Å². The molecule has 6 heteroatoms. The van der Waals surface area contributed by atoms with E-state index in [0.29, 0.717) is 0 Å². The van der Waals surface area contributed by atoms with Crippen molar-refractivity contribution < 1.29 is 4.79 Å². The molecule has 3 rings (SSSR count). The number of nitrogens with zero attached hydrogens (tertiary/aromatic N) is 3. The Bertz CT molecular complexity index is 600. The molecule has 1 aliphatic rings. The van der Waals surface area contributed by atoms with E-state index in [0.717, 1.165) is 37.2 Å². The highest BCUT2D eigenvalue weighted by Gasteiger charge is 2.38. The Hall–Kier alpha value is -2.21. The summed E-state index contributed by atoms with van der Waals surface area (Å²) in [6.07, 6.45) is 6.00. The van der Waals surface area contributed by atoms with Gasteiger partial charge in [-0.15, -0.1) is 0 Å². The summed E-state index contributed by atoms with van der Waals surface area (Å²) in [5, 5.41) is 14.5. The normalized spacial score (nSPS) is 21.4. The van der Waals surface area contributed by atoms with Crippen LogP contribution in [0.3, 0.4) is 0 Å². The standard InChI is InChI=1S/C15H19N5O/c1-2-15(8-3-9-16-15)14(21)19-12-4-6-13(7-5-12)20-17-10-11-18-20/h4-7,10-11,16H,2-3,8-9H2,1H3,(H,19,21). The molecule has 2 heterocycles. The molecule has 0 bridgehead atoms. The van der Waals surface area contributed by atoms with Gasteiger partial charge in [0.2, 0.25) is 5.91 Å². The summed E-state index contributed by atoms with van der Waals surface area (Å²) in [6.45, 7) is 2.95. The Morgan fingerprint density at radius 3 is 2.62 bits per heavy atom. The maximum Gasteiger partial charge on any atom is 0.244 e. The van der Waals surface area contributed by atoms with E-state index in [4.69, 9.17) is 0 Å². The highest BCUT2D eigenvalue weighted by molar-refractivity contribution is 5.98. The largest absolute Gasteiger partial charge is 0.324 e. The molecule has 1 aliphatic heterocycles. The third kappa shape index (κ3) is 2.67. The van der Waals surface area contributed by atoms with Gasteiger partial charge < -0.3 is 10.6 Å². The summed E-state index contributed by atoms with van der Waals surface area (Å²) >= 11 is 0. The van der Waals surface area contributed by atoms with Crippen molar-refractivity contribution in [1.29, 1.82) is 0 Å². The smallest absolute Gasteiger partial charge is 0.244 e. The van der Waals surface area contributed by atoms with Crippen molar-refractivity contribution in [2.24, 2.45) is 0 Å². The fraction of sp³-hybridized carbons (Fsp3) is 0.400.